The summed E-state index contributed by atoms with van der Waals surface area (Å²) in [6.45, 7) is 0.633. The predicted octanol–water partition coefficient (Wildman–Crippen LogP) is -0.101. The molecular weight excluding hydrogens is 132 g/mol. The Labute approximate surface area is 59.2 Å². The number of hydrogen-bond acceptors (Lipinski definition) is 3. The molecule has 0 atom stereocenters. The third-order valence-corrected chi connectivity index (χ3v) is 1.30. The van der Waals surface area contributed by atoms with Crippen LogP contribution in [0.3, 0.4) is 0 Å². The maximum atomic E-state index is 10.6. The molecular formula is C6H10N2O2. The molecule has 0 bridgehead atoms. The summed E-state index contributed by atoms with van der Waals surface area (Å²) >= 11 is 0. The Morgan fingerprint density at radius 1 is 1.80 bits per heavy atom. The van der Waals surface area contributed by atoms with Crippen molar-refractivity contribution in [2.75, 3.05) is 13.7 Å². The minimum Gasteiger partial charge on any atom is -0.384 e. The van der Waals surface area contributed by atoms with Crippen LogP contribution < -0.4 is 5.43 Å². The average molecular weight is 142 g/mol. The summed E-state index contributed by atoms with van der Waals surface area (Å²) < 4.78 is 4.82. The number of carbonyl (C=O) groups is 1. The fraction of sp³-hybridized carbons (Fsp3) is 0.667. The van der Waals surface area contributed by atoms with Crippen molar-refractivity contribution >= 4 is 11.6 Å². The first-order chi connectivity index (χ1) is 4.83. The summed E-state index contributed by atoms with van der Waals surface area (Å²) in [6.07, 6.45) is 1.18. The molecule has 1 amide bonds. The van der Waals surface area contributed by atoms with Crippen molar-refractivity contribution in [1.82, 2.24) is 5.43 Å². The topological polar surface area (TPSA) is 50.7 Å². The first-order valence-electron chi connectivity index (χ1n) is 3.16. The second kappa shape index (κ2) is 3.31. The standard InChI is InChI=1S/C6H10N2O2/c1-10-3-2-5-4-6(9)8-7-5/h2-4H2,1H3,(H,8,9). The molecule has 0 spiro atoms. The van der Waals surface area contributed by atoms with Crippen molar-refractivity contribution in [3.63, 3.8) is 0 Å². The van der Waals surface area contributed by atoms with Crippen LogP contribution in [0.25, 0.3) is 0 Å². The van der Waals surface area contributed by atoms with Crippen LogP contribution in [0.2, 0.25) is 0 Å². The van der Waals surface area contributed by atoms with Crippen molar-refractivity contribution < 1.29 is 9.53 Å². The van der Waals surface area contributed by atoms with Gasteiger partial charge in [-0.1, -0.05) is 0 Å². The van der Waals surface area contributed by atoms with Crippen molar-refractivity contribution in [2.24, 2.45) is 5.10 Å². The smallest absolute Gasteiger partial charge is 0.245 e. The maximum absolute atomic E-state index is 10.6. The van der Waals surface area contributed by atoms with Crippen LogP contribution in [0, 0.1) is 0 Å². The van der Waals surface area contributed by atoms with Gasteiger partial charge in [-0.15, -0.1) is 0 Å². The van der Waals surface area contributed by atoms with Gasteiger partial charge >= 0.3 is 0 Å². The summed E-state index contributed by atoms with van der Waals surface area (Å²) in [5.74, 6) is -0.0221. The van der Waals surface area contributed by atoms with Gasteiger partial charge in [-0.25, -0.2) is 5.43 Å². The molecule has 1 rings (SSSR count). The molecule has 1 aliphatic rings. The molecule has 4 heteroatoms. The van der Waals surface area contributed by atoms with Crippen molar-refractivity contribution in [2.45, 2.75) is 12.8 Å². The molecule has 0 unspecified atom stereocenters. The zero-order valence-corrected chi connectivity index (χ0v) is 5.89. The Kier molecular flexibility index (Phi) is 2.39. The van der Waals surface area contributed by atoms with E-state index in [1.165, 1.54) is 0 Å². The largest absolute Gasteiger partial charge is 0.384 e. The second-order valence-corrected chi connectivity index (χ2v) is 2.13. The summed E-state index contributed by atoms with van der Waals surface area (Å²) in [5, 5.41) is 3.79. The SMILES string of the molecule is COCCC1=NNC(=O)C1. The summed E-state index contributed by atoms with van der Waals surface area (Å²) in [5.41, 5.74) is 3.25. The highest BCUT2D eigenvalue weighted by Crippen LogP contribution is 1.99. The van der Waals surface area contributed by atoms with Gasteiger partial charge in [0.1, 0.15) is 0 Å². The van der Waals surface area contributed by atoms with Gasteiger partial charge in [0, 0.05) is 19.2 Å². The molecule has 1 aliphatic heterocycles. The lowest BCUT2D eigenvalue weighted by atomic mass is 10.2. The van der Waals surface area contributed by atoms with E-state index < -0.39 is 0 Å². The van der Waals surface area contributed by atoms with Gasteiger partial charge in [0.15, 0.2) is 0 Å². The normalized spacial score (nSPS) is 16.9. The molecule has 1 heterocycles. The van der Waals surface area contributed by atoms with Crippen LogP contribution in [0.15, 0.2) is 5.10 Å². The van der Waals surface area contributed by atoms with E-state index in [4.69, 9.17) is 4.74 Å². The molecule has 1 N–H and O–H groups in total. The lowest BCUT2D eigenvalue weighted by Gasteiger charge is -1.94. The third-order valence-electron chi connectivity index (χ3n) is 1.30. The van der Waals surface area contributed by atoms with E-state index in [0.29, 0.717) is 13.0 Å². The Morgan fingerprint density at radius 3 is 3.10 bits per heavy atom. The number of amides is 1. The molecule has 0 radical (unpaired) electrons. The van der Waals surface area contributed by atoms with Gasteiger partial charge in [0.25, 0.3) is 0 Å². The van der Waals surface area contributed by atoms with E-state index in [1.54, 1.807) is 7.11 Å². The highest BCUT2D eigenvalue weighted by Gasteiger charge is 2.12. The molecule has 0 saturated carbocycles. The molecule has 0 aliphatic carbocycles. The molecule has 0 saturated heterocycles. The van der Waals surface area contributed by atoms with Crippen LogP contribution in [-0.2, 0) is 9.53 Å². The number of ether oxygens (including phenoxy) is 1. The number of hydrazone groups is 1. The predicted molar refractivity (Wildman–Crippen MR) is 36.7 cm³/mol. The van der Waals surface area contributed by atoms with Crippen molar-refractivity contribution in [1.29, 1.82) is 0 Å². The summed E-state index contributed by atoms with van der Waals surface area (Å²) in [4.78, 5) is 10.6. The van der Waals surface area contributed by atoms with Crippen LogP contribution in [0.4, 0.5) is 0 Å². The molecule has 0 aromatic rings. The molecule has 0 aromatic carbocycles. The Bertz CT molecular complexity index is 165. The minimum absolute atomic E-state index is 0.0221. The first kappa shape index (κ1) is 7.21. The van der Waals surface area contributed by atoms with Crippen LogP contribution in [0.5, 0.6) is 0 Å². The first-order valence-corrected chi connectivity index (χ1v) is 3.16. The number of hydrogen-bond donors (Lipinski definition) is 1. The number of carbonyl (C=O) groups excluding carboxylic acids is 1. The minimum atomic E-state index is -0.0221. The van der Waals surface area contributed by atoms with Gasteiger partial charge in [-0.3, -0.25) is 4.79 Å². The van der Waals surface area contributed by atoms with E-state index in [2.05, 4.69) is 10.5 Å². The van der Waals surface area contributed by atoms with Gasteiger partial charge in [-0.2, -0.15) is 5.10 Å². The third kappa shape index (κ3) is 1.80. The van der Waals surface area contributed by atoms with Gasteiger partial charge in [0.2, 0.25) is 5.91 Å². The fourth-order valence-electron chi connectivity index (χ4n) is 0.770. The van der Waals surface area contributed by atoms with E-state index in [1.807, 2.05) is 0 Å². The zero-order valence-electron chi connectivity index (χ0n) is 5.89. The lowest BCUT2D eigenvalue weighted by Crippen LogP contribution is -2.09. The van der Waals surface area contributed by atoms with Crippen LogP contribution >= 0.6 is 0 Å². The number of rotatable bonds is 3. The molecule has 0 fully saturated rings. The molecule has 4 nitrogen and oxygen atoms in total. The van der Waals surface area contributed by atoms with E-state index in [9.17, 15) is 4.79 Å². The molecule has 0 aromatic heterocycles. The van der Waals surface area contributed by atoms with E-state index in [0.717, 1.165) is 12.1 Å². The summed E-state index contributed by atoms with van der Waals surface area (Å²) in [7, 11) is 1.63. The van der Waals surface area contributed by atoms with Crippen molar-refractivity contribution in [3.8, 4) is 0 Å². The highest BCUT2D eigenvalue weighted by atomic mass is 16.5. The Hall–Kier alpha value is -0.900. The van der Waals surface area contributed by atoms with E-state index >= 15 is 0 Å². The Balaban J connectivity index is 2.23. The van der Waals surface area contributed by atoms with Gasteiger partial charge in [-0.05, 0) is 0 Å². The summed E-state index contributed by atoms with van der Waals surface area (Å²) in [6, 6.07) is 0. The lowest BCUT2D eigenvalue weighted by molar-refractivity contribution is -0.119. The van der Waals surface area contributed by atoms with E-state index in [-0.39, 0.29) is 5.91 Å². The molecule has 56 valence electrons. The number of methoxy groups -OCH3 is 1. The van der Waals surface area contributed by atoms with Crippen molar-refractivity contribution in [3.05, 3.63) is 0 Å². The second-order valence-electron chi connectivity index (χ2n) is 2.13. The van der Waals surface area contributed by atoms with Crippen LogP contribution in [-0.4, -0.2) is 25.3 Å². The maximum Gasteiger partial charge on any atom is 0.245 e. The van der Waals surface area contributed by atoms with Gasteiger partial charge in [0.05, 0.1) is 13.0 Å². The zero-order chi connectivity index (χ0) is 7.40. The van der Waals surface area contributed by atoms with Gasteiger partial charge < -0.3 is 4.74 Å². The fourth-order valence-corrected chi connectivity index (χ4v) is 0.770. The average Bonchev–Trinajstić information content (AvgIpc) is 2.31. The monoisotopic (exact) mass is 142 g/mol. The highest BCUT2D eigenvalue weighted by molar-refractivity contribution is 6.04. The number of nitrogens with zero attached hydrogens (tertiary/aromatic N) is 1. The quantitative estimate of drug-likeness (QED) is 0.598. The molecule has 10 heavy (non-hydrogen) atoms. The van der Waals surface area contributed by atoms with Crippen LogP contribution in [0.1, 0.15) is 12.8 Å². The number of nitrogens with one attached hydrogen (secondary N) is 1. The Morgan fingerprint density at radius 2 is 2.60 bits per heavy atom.